The van der Waals surface area contributed by atoms with Crippen molar-refractivity contribution >= 4 is 40.1 Å². The van der Waals surface area contributed by atoms with Gasteiger partial charge in [0.25, 0.3) is 5.69 Å². The van der Waals surface area contributed by atoms with Crippen LogP contribution in [0.15, 0.2) is 231 Å². The number of non-ortho nitro benzene ring substituents is 1. The Morgan fingerprint density at radius 1 is 0.297 bits per heavy atom. The van der Waals surface area contributed by atoms with E-state index < -0.39 is 39.3 Å². The largest absolute Gasteiger partial charge is 0.530 e. The lowest BCUT2D eigenvalue weighted by Gasteiger charge is -2.23. The van der Waals surface area contributed by atoms with Crippen LogP contribution >= 0.6 is 34.4 Å². The number of nitro benzene ring substituents is 1. The molecule has 0 heterocycles. The molecule has 0 saturated carbocycles. The average molecular weight is 1300 g/mol. The zero-order valence-corrected chi connectivity index (χ0v) is 55.3. The second kappa shape index (κ2) is 33.2. The third-order valence-electron chi connectivity index (χ3n) is 13.7. The molecule has 0 aliphatic carbocycles. The smallest absolute Gasteiger partial charge is 0.493 e. The Morgan fingerprint density at radius 3 is 0.857 bits per heavy atom. The fourth-order valence-corrected chi connectivity index (χ4v) is 13.0. The molecule has 0 bridgehead atoms. The lowest BCUT2D eigenvalue weighted by molar-refractivity contribution is -0.384. The molecule has 10 rings (SSSR count). The first-order valence-corrected chi connectivity index (χ1v) is 33.2. The molecule has 0 spiro atoms. The van der Waals surface area contributed by atoms with Crippen LogP contribution in [0.2, 0.25) is 0 Å². The predicted octanol–water partition coefficient (Wildman–Crippen LogP) is 21.1. The van der Waals surface area contributed by atoms with E-state index in [-0.39, 0.29) is 24.7 Å². The highest BCUT2D eigenvalue weighted by Gasteiger charge is 2.29. The van der Waals surface area contributed by atoms with Crippen molar-refractivity contribution in [2.75, 3.05) is 7.11 Å². The zero-order chi connectivity index (χ0) is 64.1. The molecular weight excluding hydrogens is 1230 g/mol. The molecule has 0 N–H and O–H groups in total. The molecule has 16 nitrogen and oxygen atoms in total. The lowest BCUT2D eigenvalue weighted by Crippen LogP contribution is -2.07. The van der Waals surface area contributed by atoms with Gasteiger partial charge < -0.3 is 50.0 Å². The predicted molar refractivity (Wildman–Crippen MR) is 359 cm³/mol. The van der Waals surface area contributed by atoms with E-state index in [9.17, 15) is 10.1 Å². The Morgan fingerprint density at radius 2 is 0.560 bits per heavy atom. The summed E-state index contributed by atoms with van der Waals surface area (Å²) in [5.41, 5.74) is 8.50. The van der Waals surface area contributed by atoms with Crippen LogP contribution in [0.5, 0.6) is 63.2 Å². The molecule has 20 heteroatoms. The molecule has 0 aliphatic rings. The highest BCUT2D eigenvalue weighted by molar-refractivity contribution is 7.43. The number of ether oxygens (including phenoxy) is 1. The maximum absolute atomic E-state index is 11.8. The normalized spacial score (nSPS) is 10.9. The summed E-state index contributed by atoms with van der Waals surface area (Å²) in [6.45, 7) is 15.7. The first kappa shape index (κ1) is 66.5. The monoisotopic (exact) mass is 1300 g/mol. The summed E-state index contributed by atoms with van der Waals surface area (Å²) < 4.78 is 81.4. The third-order valence-corrected chi connectivity index (χ3v) is 17.8. The summed E-state index contributed by atoms with van der Waals surface area (Å²) in [6.07, 6.45) is 0. The van der Waals surface area contributed by atoms with E-state index in [2.05, 4.69) is 0 Å². The molecule has 91 heavy (non-hydrogen) atoms. The Bertz CT molecular complexity index is 3840. The van der Waals surface area contributed by atoms with Gasteiger partial charge in [-0.25, -0.2) is 0 Å². The Labute approximate surface area is 536 Å². The second-order valence-electron chi connectivity index (χ2n) is 20.5. The number of benzene rings is 10. The number of hydrogen-bond donors (Lipinski definition) is 0. The number of aryl methyl sites for hydroxylation is 8. The highest BCUT2D eigenvalue weighted by Crippen LogP contribution is 2.51. The van der Waals surface area contributed by atoms with Gasteiger partial charge in [-0.15, -0.1) is 0 Å². The Hall–Kier alpha value is -8.96. The minimum atomic E-state index is -2.12. The third kappa shape index (κ3) is 19.3. The quantitative estimate of drug-likeness (QED) is 0.0258. The van der Waals surface area contributed by atoms with Crippen molar-refractivity contribution < 1.29 is 63.9 Å². The number of rotatable bonds is 28. The molecule has 10 aromatic carbocycles. The summed E-state index contributed by atoms with van der Waals surface area (Å²) in [4.78, 5) is 11.3. The van der Waals surface area contributed by atoms with E-state index in [1.165, 1.54) is 12.1 Å². The van der Waals surface area contributed by atoms with Crippen molar-refractivity contribution in [1.29, 1.82) is 0 Å². The lowest BCUT2D eigenvalue weighted by atomic mass is 10.2. The van der Waals surface area contributed by atoms with E-state index in [4.69, 9.17) is 59.0 Å². The van der Waals surface area contributed by atoms with E-state index in [0.717, 1.165) is 44.5 Å². The maximum Gasteiger partial charge on any atom is 0.530 e. The van der Waals surface area contributed by atoms with Crippen LogP contribution in [0.1, 0.15) is 55.6 Å². The van der Waals surface area contributed by atoms with Crippen LogP contribution in [0.3, 0.4) is 0 Å². The van der Waals surface area contributed by atoms with Gasteiger partial charge >= 0.3 is 34.4 Å². The Kier molecular flexibility index (Phi) is 24.3. The van der Waals surface area contributed by atoms with Gasteiger partial charge in [0.15, 0.2) is 11.5 Å². The number of nitrogens with zero attached hydrogens (tertiary/aromatic N) is 1. The zero-order valence-electron chi connectivity index (χ0n) is 51.7. The standard InChI is InChI=1S/C36H36O7P2.C35H33NO8P2/c1-26-15-6-10-20-31(26)39-44(40-32-21-11-7-16-27(32)2)38-25-30-19-14-24-35(37-5)36(30)43-45(41-33-22-12-8-17-28(33)3)42-34-23-13-9-18-29(34)4;1-25-13-5-9-17-31(25)40-45(41-32-18-10-6-14-26(32)2)39-24-29-21-22-30(36(37)38)23-35(29)44-46(42-33-19-11-7-15-27(33)3)43-34-20-12-8-16-28(34)4/h6-24H,25H2,1-5H3;5-23H,24H2,1-4H3. The molecule has 0 atom stereocenters. The van der Waals surface area contributed by atoms with Crippen molar-refractivity contribution in [2.24, 2.45) is 0 Å². The second-order valence-corrected chi connectivity index (χ2v) is 24.6. The number of hydrogen-bond acceptors (Lipinski definition) is 15. The van der Waals surface area contributed by atoms with Gasteiger partial charge in [-0.1, -0.05) is 158 Å². The first-order valence-electron chi connectivity index (χ1n) is 28.8. The van der Waals surface area contributed by atoms with E-state index in [1.54, 1.807) is 13.2 Å². The van der Waals surface area contributed by atoms with Crippen LogP contribution in [-0.4, -0.2) is 12.0 Å². The molecular formula is C71H69NO15P4. The van der Waals surface area contributed by atoms with Gasteiger partial charge in [0.1, 0.15) is 51.7 Å². The molecule has 0 amide bonds. The van der Waals surface area contributed by atoms with E-state index >= 15 is 0 Å². The summed E-state index contributed by atoms with van der Waals surface area (Å²) in [7, 11) is -6.31. The minimum Gasteiger partial charge on any atom is -0.493 e. The van der Waals surface area contributed by atoms with Crippen LogP contribution in [-0.2, 0) is 22.3 Å². The summed E-state index contributed by atoms with van der Waals surface area (Å²) in [6, 6.07) is 71.0. The van der Waals surface area contributed by atoms with Gasteiger partial charge in [0.2, 0.25) is 0 Å². The highest BCUT2D eigenvalue weighted by atomic mass is 31.2. The van der Waals surface area contributed by atoms with Crippen LogP contribution in [0, 0.1) is 65.5 Å². The molecule has 0 aliphatic heterocycles. The van der Waals surface area contributed by atoms with Gasteiger partial charge in [0.05, 0.1) is 31.3 Å². The molecule has 10 aromatic rings. The van der Waals surface area contributed by atoms with Gasteiger partial charge in [-0.3, -0.25) is 19.2 Å². The fraction of sp³-hybridized carbons (Fsp3) is 0.155. The SMILES string of the molecule is COc1cccc(COP(Oc2ccccc2C)Oc2ccccc2C)c1OP(Oc1ccccc1C)Oc1ccccc1C.Cc1ccccc1OP(OCc1ccc([N+](=O)[O-])cc1OP(Oc1ccccc1C)Oc1ccccc1C)Oc1ccccc1C. The maximum atomic E-state index is 11.8. The first-order chi connectivity index (χ1) is 44.2. The Balaban J connectivity index is 0.000000215. The van der Waals surface area contributed by atoms with Crippen molar-refractivity contribution in [3.8, 4) is 63.2 Å². The molecule has 0 radical (unpaired) electrons. The van der Waals surface area contributed by atoms with Crippen LogP contribution in [0.4, 0.5) is 5.69 Å². The van der Waals surface area contributed by atoms with E-state index in [1.807, 2.05) is 268 Å². The van der Waals surface area contributed by atoms with Crippen molar-refractivity contribution in [2.45, 2.75) is 68.6 Å². The van der Waals surface area contributed by atoms with Crippen molar-refractivity contribution in [3.05, 3.63) is 296 Å². The molecule has 0 unspecified atom stereocenters. The van der Waals surface area contributed by atoms with Crippen molar-refractivity contribution in [3.63, 3.8) is 0 Å². The summed E-state index contributed by atoms with van der Waals surface area (Å²) >= 11 is 0. The fourth-order valence-electron chi connectivity index (χ4n) is 8.37. The van der Waals surface area contributed by atoms with Gasteiger partial charge in [-0.2, -0.15) is 0 Å². The number of nitro groups is 1. The molecule has 0 fully saturated rings. The topological polar surface area (TPSA) is 163 Å². The van der Waals surface area contributed by atoms with E-state index in [0.29, 0.717) is 68.6 Å². The number of para-hydroxylation sites is 9. The van der Waals surface area contributed by atoms with Crippen molar-refractivity contribution in [1.82, 2.24) is 0 Å². The molecule has 0 saturated heterocycles. The van der Waals surface area contributed by atoms with Gasteiger partial charge in [0, 0.05) is 17.2 Å². The molecule has 0 aromatic heterocycles. The van der Waals surface area contributed by atoms with Gasteiger partial charge in [-0.05, 0) is 161 Å². The van der Waals surface area contributed by atoms with Crippen LogP contribution < -0.4 is 50.0 Å². The number of methoxy groups -OCH3 is 1. The van der Waals surface area contributed by atoms with Crippen LogP contribution in [0.25, 0.3) is 0 Å². The average Bonchev–Trinajstić information content (AvgIpc) is 1.98. The minimum absolute atomic E-state index is 0.0469. The summed E-state index contributed by atoms with van der Waals surface area (Å²) in [5, 5.41) is 11.8. The molecule has 468 valence electrons. The summed E-state index contributed by atoms with van der Waals surface area (Å²) in [5.74, 6) is 6.15.